The molecule has 0 bridgehead atoms. The van der Waals surface area contributed by atoms with Gasteiger partial charge in [-0.15, -0.1) is 5.10 Å². The molecule has 0 aliphatic rings. The molecule has 1 atom stereocenters. The van der Waals surface area contributed by atoms with Gasteiger partial charge in [0, 0.05) is 5.56 Å². The van der Waals surface area contributed by atoms with Crippen molar-refractivity contribution in [2.75, 3.05) is 19.8 Å². The number of hydrogen-bond donors (Lipinski definition) is 1. The lowest BCUT2D eigenvalue weighted by Crippen LogP contribution is -2.34. The van der Waals surface area contributed by atoms with Gasteiger partial charge in [0.25, 0.3) is 0 Å². The van der Waals surface area contributed by atoms with Crippen LogP contribution < -0.4 is 10.1 Å². The third-order valence-electron chi connectivity index (χ3n) is 4.50. The van der Waals surface area contributed by atoms with E-state index in [1.807, 2.05) is 0 Å². The number of nitrogens with zero attached hydrogens (tertiary/aromatic N) is 3. The number of nitrogens with one attached hydrogen (secondary N) is 1. The van der Waals surface area contributed by atoms with Crippen molar-refractivity contribution in [3.8, 4) is 5.75 Å². The van der Waals surface area contributed by atoms with Crippen molar-refractivity contribution in [3.63, 3.8) is 0 Å². The molecule has 11 heteroatoms. The van der Waals surface area contributed by atoms with Gasteiger partial charge in [0.05, 0.1) is 19.3 Å². The van der Waals surface area contributed by atoms with Crippen LogP contribution in [0.4, 0.5) is 9.18 Å². The molecule has 1 aromatic heterocycles. The molecule has 36 heavy (non-hydrogen) atoms. The minimum absolute atomic E-state index is 0.0657. The third-order valence-corrected chi connectivity index (χ3v) is 4.50. The summed E-state index contributed by atoms with van der Waals surface area (Å²) in [6.45, 7) is 14.5. The molecular formula is C25H33FN4O6. The fourth-order valence-electron chi connectivity index (χ4n) is 2.96. The summed E-state index contributed by atoms with van der Waals surface area (Å²) >= 11 is 0. The molecule has 0 fully saturated rings. The maximum Gasteiger partial charge on any atom is 0.407 e. The van der Waals surface area contributed by atoms with Crippen molar-refractivity contribution in [2.24, 2.45) is 5.10 Å². The van der Waals surface area contributed by atoms with Crippen LogP contribution in [0.5, 0.6) is 5.75 Å². The molecule has 196 valence electrons. The Morgan fingerprint density at radius 1 is 1.33 bits per heavy atom. The minimum Gasteiger partial charge on any atom is -0.491 e. The van der Waals surface area contributed by atoms with Crippen molar-refractivity contribution in [2.45, 2.75) is 53.2 Å². The fourth-order valence-corrected chi connectivity index (χ4v) is 2.96. The van der Waals surface area contributed by atoms with Crippen molar-refractivity contribution in [1.29, 1.82) is 0 Å². The zero-order valence-corrected chi connectivity index (χ0v) is 21.5. The monoisotopic (exact) mass is 504 g/mol. The van der Waals surface area contributed by atoms with Gasteiger partial charge in [-0.05, 0) is 65.8 Å². The van der Waals surface area contributed by atoms with E-state index in [2.05, 4.69) is 22.0 Å². The summed E-state index contributed by atoms with van der Waals surface area (Å²) in [5, 5.41) is 6.91. The van der Waals surface area contributed by atoms with Gasteiger partial charge in [-0.3, -0.25) is 0 Å². The van der Waals surface area contributed by atoms with Crippen LogP contribution in [0.3, 0.4) is 0 Å². The molecule has 0 spiro atoms. The highest BCUT2D eigenvalue weighted by Gasteiger charge is 2.19. The zero-order valence-electron chi connectivity index (χ0n) is 21.5. The van der Waals surface area contributed by atoms with Crippen LogP contribution in [0.1, 0.15) is 62.6 Å². The number of esters is 1. The van der Waals surface area contributed by atoms with Gasteiger partial charge in [-0.1, -0.05) is 6.58 Å². The van der Waals surface area contributed by atoms with Crippen molar-refractivity contribution < 1.29 is 32.9 Å². The van der Waals surface area contributed by atoms with E-state index in [1.54, 1.807) is 41.5 Å². The van der Waals surface area contributed by atoms with E-state index in [0.29, 0.717) is 17.1 Å². The van der Waals surface area contributed by atoms with Gasteiger partial charge in [-0.2, -0.15) is 0 Å². The van der Waals surface area contributed by atoms with Crippen LogP contribution in [-0.4, -0.2) is 53.0 Å². The number of carbonyl (C=O) groups is 2. The molecule has 0 saturated carbocycles. The number of aromatic nitrogens is 2. The number of halogens is 1. The number of carbonyl (C=O) groups excluding carboxylic acids is 2. The first kappa shape index (κ1) is 28.3. The zero-order chi connectivity index (χ0) is 26.9. The van der Waals surface area contributed by atoms with Gasteiger partial charge in [0.15, 0.2) is 5.69 Å². The Morgan fingerprint density at radius 3 is 2.69 bits per heavy atom. The van der Waals surface area contributed by atoms with Crippen LogP contribution in [0.25, 0.3) is 0 Å². The lowest BCUT2D eigenvalue weighted by molar-refractivity contribution is 0.0506. The smallest absolute Gasteiger partial charge is 0.407 e. The first-order chi connectivity index (χ1) is 16.9. The second kappa shape index (κ2) is 12.7. The first-order valence-electron chi connectivity index (χ1n) is 11.4. The summed E-state index contributed by atoms with van der Waals surface area (Å²) in [5.41, 5.74) is -0.0783. The Hall–Kier alpha value is -3.89. The highest BCUT2D eigenvalue weighted by molar-refractivity contribution is 5.89. The highest BCUT2D eigenvalue weighted by Crippen LogP contribution is 2.29. The van der Waals surface area contributed by atoms with Gasteiger partial charge in [-0.25, -0.2) is 23.6 Å². The molecule has 1 N–H and O–H groups in total. The number of benzene rings is 1. The van der Waals surface area contributed by atoms with Crippen LogP contribution in [0.15, 0.2) is 42.2 Å². The number of alkyl carbamates (subject to hydrolysis) is 1. The van der Waals surface area contributed by atoms with E-state index in [4.69, 9.17) is 18.9 Å². The summed E-state index contributed by atoms with van der Waals surface area (Å²) in [7, 11) is 0. The maximum atomic E-state index is 14.1. The lowest BCUT2D eigenvalue weighted by Gasteiger charge is -2.20. The molecule has 1 aromatic carbocycles. The molecule has 2 aromatic rings. The fraction of sp³-hybridized carbons (Fsp3) is 0.440. The van der Waals surface area contributed by atoms with E-state index in [9.17, 15) is 14.0 Å². The lowest BCUT2D eigenvalue weighted by atomic mass is 10.1. The van der Waals surface area contributed by atoms with E-state index < -0.39 is 29.6 Å². The number of aryl methyl sites for hydroxylation is 1. The van der Waals surface area contributed by atoms with Gasteiger partial charge < -0.3 is 24.3 Å². The highest BCUT2D eigenvalue weighted by atomic mass is 19.1. The number of imidazole rings is 1. The van der Waals surface area contributed by atoms with Crippen LogP contribution in [0.2, 0.25) is 0 Å². The average molecular weight is 505 g/mol. The molecule has 1 unspecified atom stereocenters. The molecule has 2 rings (SSSR count). The molecule has 0 radical (unpaired) electrons. The second-order valence-corrected chi connectivity index (χ2v) is 8.58. The molecule has 0 saturated heterocycles. The average Bonchev–Trinajstić information content (AvgIpc) is 3.16. The minimum atomic E-state index is -0.707. The Morgan fingerprint density at radius 2 is 2.06 bits per heavy atom. The maximum absolute atomic E-state index is 14.1. The predicted octanol–water partition coefficient (Wildman–Crippen LogP) is 4.54. The predicted molar refractivity (Wildman–Crippen MR) is 132 cm³/mol. The summed E-state index contributed by atoms with van der Waals surface area (Å²) in [5.74, 6) is -0.202. The topological polar surface area (TPSA) is 113 Å². The summed E-state index contributed by atoms with van der Waals surface area (Å²) in [4.78, 5) is 28.1. The molecule has 1 heterocycles. The summed E-state index contributed by atoms with van der Waals surface area (Å²) in [6.07, 6.45) is 1.44. The molecule has 0 aliphatic heterocycles. The molecule has 1 amide bonds. The number of ether oxygens (including phenoxy) is 4. The Bertz CT molecular complexity index is 1110. The Labute approximate surface area is 210 Å². The number of amides is 1. The van der Waals surface area contributed by atoms with Crippen molar-refractivity contribution in [3.05, 3.63) is 59.9 Å². The Kier molecular flexibility index (Phi) is 10.0. The van der Waals surface area contributed by atoms with Crippen molar-refractivity contribution in [1.82, 2.24) is 15.0 Å². The standard InChI is InChI=1S/C25H33FN4O6/c1-8-22(29-30-17(4)28-15-20(30)23(31)33-9-2)35-16(3)19-14-18(26)10-11-21(19)34-13-12-27-24(32)36-25(5,6)7/h8,10-11,14-16H,1,9,12-13H2,2-7H3,(H,27,32)/b29-22+. The first-order valence-corrected chi connectivity index (χ1v) is 11.4. The quantitative estimate of drug-likeness (QED) is 0.219. The van der Waals surface area contributed by atoms with E-state index in [1.165, 1.54) is 35.1 Å². The Balaban J connectivity index is 2.14. The molecule has 10 nitrogen and oxygen atoms in total. The SMILES string of the molecule is C=C/C(=N\n1c(C(=O)OCC)cnc1C)OC(C)c1cc(F)ccc1OCCNC(=O)OC(C)(C)C. The van der Waals surface area contributed by atoms with Gasteiger partial charge >= 0.3 is 12.1 Å². The van der Waals surface area contributed by atoms with Gasteiger partial charge in [0.2, 0.25) is 5.90 Å². The normalized spacial score (nSPS) is 12.5. The molecular weight excluding hydrogens is 471 g/mol. The van der Waals surface area contributed by atoms with Crippen molar-refractivity contribution >= 4 is 18.0 Å². The summed E-state index contributed by atoms with van der Waals surface area (Å²) in [6, 6.07) is 4.02. The van der Waals surface area contributed by atoms with Gasteiger partial charge in [0.1, 0.15) is 35.7 Å². The van der Waals surface area contributed by atoms with E-state index in [-0.39, 0.29) is 31.4 Å². The van der Waals surface area contributed by atoms with Crippen LogP contribution in [0, 0.1) is 12.7 Å². The van der Waals surface area contributed by atoms with E-state index in [0.717, 1.165) is 0 Å². The number of rotatable bonds is 10. The molecule has 0 aliphatic carbocycles. The third kappa shape index (κ3) is 8.40. The number of hydrogen-bond acceptors (Lipinski definition) is 8. The van der Waals surface area contributed by atoms with E-state index >= 15 is 0 Å². The summed E-state index contributed by atoms with van der Waals surface area (Å²) < 4.78 is 37.2. The second-order valence-electron chi connectivity index (χ2n) is 8.58. The van der Waals surface area contributed by atoms with Crippen LogP contribution in [-0.2, 0) is 14.2 Å². The van der Waals surface area contributed by atoms with Crippen LogP contribution >= 0.6 is 0 Å². The largest absolute Gasteiger partial charge is 0.491 e.